The van der Waals surface area contributed by atoms with Gasteiger partial charge in [0, 0.05) is 5.56 Å². The first kappa shape index (κ1) is 7.36. The van der Waals surface area contributed by atoms with Gasteiger partial charge in [-0.05, 0) is 0 Å². The molecule has 0 fully saturated rings. The topological polar surface area (TPSA) is 25.8 Å². The first-order valence-corrected chi connectivity index (χ1v) is 4.14. The molecule has 4 heteroatoms. The van der Waals surface area contributed by atoms with Gasteiger partial charge >= 0.3 is 0 Å². The molecule has 0 aliphatic heterocycles. The van der Waals surface area contributed by atoms with E-state index in [4.69, 9.17) is 0 Å². The molecule has 0 amide bonds. The molecule has 0 radical (unpaired) electrons. The Balaban J connectivity index is 2.51. The van der Waals surface area contributed by atoms with Crippen molar-refractivity contribution in [2.24, 2.45) is 0 Å². The zero-order chi connectivity index (χ0) is 8.39. The maximum atomic E-state index is 12.9. The summed E-state index contributed by atoms with van der Waals surface area (Å²) in [5.41, 5.74) is 1.10. The Morgan fingerprint density at radius 1 is 1.08 bits per heavy atom. The Hall–Kier alpha value is -1.29. The highest BCUT2D eigenvalue weighted by atomic mass is 32.1. The van der Waals surface area contributed by atoms with Gasteiger partial charge in [-0.1, -0.05) is 30.3 Å². The standard InChI is InChI=1S/C8H5FN2S/c9-8-7(10-12-11-8)6-4-2-1-3-5-6/h1-5H. The van der Waals surface area contributed by atoms with Crippen LogP contribution in [-0.4, -0.2) is 8.75 Å². The predicted octanol–water partition coefficient (Wildman–Crippen LogP) is 2.34. The summed E-state index contributed by atoms with van der Waals surface area (Å²) in [6.45, 7) is 0. The van der Waals surface area contributed by atoms with Crippen LogP contribution in [0.15, 0.2) is 30.3 Å². The van der Waals surface area contributed by atoms with Crippen LogP contribution in [0.2, 0.25) is 0 Å². The van der Waals surface area contributed by atoms with Crippen LogP contribution in [0.4, 0.5) is 4.39 Å². The number of benzene rings is 1. The summed E-state index contributed by atoms with van der Waals surface area (Å²) in [5, 5.41) is 0. The molecule has 0 spiro atoms. The van der Waals surface area contributed by atoms with E-state index in [1.807, 2.05) is 18.2 Å². The van der Waals surface area contributed by atoms with Gasteiger partial charge in [-0.25, -0.2) is 0 Å². The van der Waals surface area contributed by atoms with Gasteiger partial charge in [0.25, 0.3) is 5.95 Å². The lowest BCUT2D eigenvalue weighted by Crippen LogP contribution is -1.80. The highest BCUT2D eigenvalue weighted by Gasteiger charge is 2.07. The molecule has 12 heavy (non-hydrogen) atoms. The zero-order valence-electron chi connectivity index (χ0n) is 6.07. The second-order valence-corrected chi connectivity index (χ2v) is 2.80. The average Bonchev–Trinajstić information content (AvgIpc) is 2.53. The van der Waals surface area contributed by atoms with Crippen LogP contribution >= 0.6 is 11.7 Å². The van der Waals surface area contributed by atoms with Crippen molar-refractivity contribution in [3.63, 3.8) is 0 Å². The smallest absolute Gasteiger partial charge is 0.181 e. The van der Waals surface area contributed by atoms with Crippen molar-refractivity contribution in [1.29, 1.82) is 0 Å². The van der Waals surface area contributed by atoms with Gasteiger partial charge < -0.3 is 0 Å². The molecule has 2 rings (SSSR count). The fourth-order valence-electron chi connectivity index (χ4n) is 0.946. The molecule has 2 aromatic rings. The molecule has 0 aliphatic rings. The number of halogens is 1. The molecule has 2 nitrogen and oxygen atoms in total. The van der Waals surface area contributed by atoms with Gasteiger partial charge in [-0.2, -0.15) is 8.76 Å². The Labute approximate surface area is 73.0 Å². The van der Waals surface area contributed by atoms with Crippen molar-refractivity contribution in [1.82, 2.24) is 8.75 Å². The summed E-state index contributed by atoms with van der Waals surface area (Å²) >= 11 is 0.886. The van der Waals surface area contributed by atoms with E-state index >= 15 is 0 Å². The molecule has 0 saturated heterocycles. The Morgan fingerprint density at radius 2 is 1.83 bits per heavy atom. The van der Waals surface area contributed by atoms with Crippen LogP contribution in [0.1, 0.15) is 0 Å². The first-order chi connectivity index (χ1) is 5.88. The minimum absolute atomic E-state index is 0.334. The van der Waals surface area contributed by atoms with Crippen molar-refractivity contribution in [3.05, 3.63) is 36.3 Å². The second-order valence-electron chi connectivity index (χ2n) is 2.27. The lowest BCUT2D eigenvalue weighted by molar-refractivity contribution is 0.599. The van der Waals surface area contributed by atoms with Gasteiger partial charge in [0.05, 0.1) is 11.7 Å². The minimum Gasteiger partial charge on any atom is -0.181 e. The van der Waals surface area contributed by atoms with E-state index in [2.05, 4.69) is 8.75 Å². The number of aromatic nitrogens is 2. The minimum atomic E-state index is -0.494. The lowest BCUT2D eigenvalue weighted by atomic mass is 10.2. The van der Waals surface area contributed by atoms with Crippen LogP contribution in [0, 0.1) is 5.95 Å². The van der Waals surface area contributed by atoms with E-state index < -0.39 is 5.95 Å². The van der Waals surface area contributed by atoms with E-state index in [9.17, 15) is 4.39 Å². The zero-order valence-corrected chi connectivity index (χ0v) is 6.88. The third kappa shape index (κ3) is 1.21. The van der Waals surface area contributed by atoms with Gasteiger partial charge in [-0.15, -0.1) is 4.37 Å². The van der Waals surface area contributed by atoms with E-state index in [0.717, 1.165) is 17.3 Å². The largest absolute Gasteiger partial charge is 0.252 e. The summed E-state index contributed by atoms with van der Waals surface area (Å²) in [5.74, 6) is -0.494. The van der Waals surface area contributed by atoms with Crippen LogP contribution in [0.25, 0.3) is 11.3 Å². The number of nitrogens with zero attached hydrogens (tertiary/aromatic N) is 2. The van der Waals surface area contributed by atoms with Gasteiger partial charge in [0.1, 0.15) is 5.69 Å². The van der Waals surface area contributed by atoms with Crippen LogP contribution < -0.4 is 0 Å². The average molecular weight is 180 g/mol. The molecule has 0 bridgehead atoms. The van der Waals surface area contributed by atoms with E-state index in [1.165, 1.54) is 0 Å². The first-order valence-electron chi connectivity index (χ1n) is 3.41. The molecule has 0 N–H and O–H groups in total. The number of rotatable bonds is 1. The maximum Gasteiger partial charge on any atom is 0.252 e. The molecule has 0 aliphatic carbocycles. The molecule has 1 heterocycles. The third-order valence-corrected chi connectivity index (χ3v) is 2.00. The quantitative estimate of drug-likeness (QED) is 0.673. The van der Waals surface area contributed by atoms with Crippen LogP contribution in [0.5, 0.6) is 0 Å². The highest BCUT2D eigenvalue weighted by molar-refractivity contribution is 6.99. The normalized spacial score (nSPS) is 10.1. The summed E-state index contributed by atoms with van der Waals surface area (Å²) in [6, 6.07) is 9.17. The molecule has 0 unspecified atom stereocenters. The van der Waals surface area contributed by atoms with Crippen molar-refractivity contribution in [3.8, 4) is 11.3 Å². The van der Waals surface area contributed by atoms with Crippen molar-refractivity contribution >= 4 is 11.7 Å². The summed E-state index contributed by atoms with van der Waals surface area (Å²) in [7, 11) is 0. The molecular weight excluding hydrogens is 175 g/mol. The summed E-state index contributed by atoms with van der Waals surface area (Å²) in [6.07, 6.45) is 0. The van der Waals surface area contributed by atoms with Crippen molar-refractivity contribution < 1.29 is 4.39 Å². The van der Waals surface area contributed by atoms with E-state index in [-0.39, 0.29) is 0 Å². The van der Waals surface area contributed by atoms with Gasteiger partial charge in [0.15, 0.2) is 0 Å². The monoisotopic (exact) mass is 180 g/mol. The molecule has 1 aromatic carbocycles. The van der Waals surface area contributed by atoms with Gasteiger partial charge in [-0.3, -0.25) is 0 Å². The third-order valence-electron chi connectivity index (χ3n) is 1.50. The molecular formula is C8H5FN2S. The van der Waals surface area contributed by atoms with Crippen LogP contribution in [-0.2, 0) is 0 Å². The van der Waals surface area contributed by atoms with E-state index in [1.54, 1.807) is 12.1 Å². The van der Waals surface area contributed by atoms with E-state index in [0.29, 0.717) is 5.69 Å². The lowest BCUT2D eigenvalue weighted by Gasteiger charge is -1.92. The van der Waals surface area contributed by atoms with Gasteiger partial charge in [0.2, 0.25) is 0 Å². The fraction of sp³-hybridized carbons (Fsp3) is 0. The summed E-state index contributed by atoms with van der Waals surface area (Å²) in [4.78, 5) is 0. The van der Waals surface area contributed by atoms with Crippen molar-refractivity contribution in [2.75, 3.05) is 0 Å². The Kier molecular flexibility index (Phi) is 1.83. The maximum absolute atomic E-state index is 12.9. The molecule has 0 saturated carbocycles. The molecule has 0 atom stereocenters. The SMILES string of the molecule is Fc1nsnc1-c1ccccc1. The fourth-order valence-corrected chi connectivity index (χ4v) is 1.41. The highest BCUT2D eigenvalue weighted by Crippen LogP contribution is 2.19. The predicted molar refractivity (Wildman–Crippen MR) is 45.3 cm³/mol. The second kappa shape index (κ2) is 2.98. The molecule has 60 valence electrons. The molecule has 1 aromatic heterocycles. The van der Waals surface area contributed by atoms with Crippen LogP contribution in [0.3, 0.4) is 0 Å². The number of hydrogen-bond donors (Lipinski definition) is 0. The Bertz CT molecular complexity index is 372. The number of hydrogen-bond acceptors (Lipinski definition) is 3. The van der Waals surface area contributed by atoms with Crippen molar-refractivity contribution in [2.45, 2.75) is 0 Å². The summed E-state index contributed by atoms with van der Waals surface area (Å²) < 4.78 is 20.2. The Morgan fingerprint density at radius 3 is 2.42 bits per heavy atom.